The number of carbonyl (C=O) groups excluding carboxylic acids is 1. The summed E-state index contributed by atoms with van der Waals surface area (Å²) in [5.74, 6) is 0.615. The van der Waals surface area contributed by atoms with Gasteiger partial charge >= 0.3 is 0 Å². The molecule has 2 atom stereocenters. The number of ether oxygens (including phenoxy) is 2. The Morgan fingerprint density at radius 2 is 1.97 bits per heavy atom. The first-order valence-corrected chi connectivity index (χ1v) is 10.8. The van der Waals surface area contributed by atoms with Crippen molar-refractivity contribution in [2.24, 2.45) is 5.92 Å². The molecule has 0 radical (unpaired) electrons. The third-order valence-electron chi connectivity index (χ3n) is 5.16. The summed E-state index contributed by atoms with van der Waals surface area (Å²) in [6.45, 7) is 7.24. The second kappa shape index (κ2) is 10.8. The Labute approximate surface area is 189 Å². The molecule has 0 aliphatic carbocycles. The number of methoxy groups -OCH3 is 1. The first-order valence-electron chi connectivity index (χ1n) is 10.4. The summed E-state index contributed by atoms with van der Waals surface area (Å²) in [5, 5.41) is 9.65. The van der Waals surface area contributed by atoms with Crippen LogP contribution in [0.25, 0.3) is 0 Å². The monoisotopic (exact) mass is 439 g/mol. The van der Waals surface area contributed by atoms with Crippen LogP contribution in [0, 0.1) is 5.92 Å². The molecule has 6 nitrogen and oxygen atoms in total. The predicted octanol–water partition coefficient (Wildman–Crippen LogP) is 3.84. The van der Waals surface area contributed by atoms with E-state index in [9.17, 15) is 4.79 Å². The van der Waals surface area contributed by atoms with Gasteiger partial charge in [-0.3, -0.25) is 4.79 Å². The molecule has 0 saturated carbocycles. The fraction of sp³-hybridized carbons (Fsp3) is 0.333. The van der Waals surface area contributed by atoms with Gasteiger partial charge in [0, 0.05) is 12.2 Å². The summed E-state index contributed by atoms with van der Waals surface area (Å²) in [6, 6.07) is 15.1. The highest BCUT2D eigenvalue weighted by Gasteiger charge is 2.36. The van der Waals surface area contributed by atoms with Crippen molar-refractivity contribution in [3.05, 3.63) is 71.9 Å². The van der Waals surface area contributed by atoms with Crippen molar-refractivity contribution in [1.29, 1.82) is 0 Å². The molecule has 1 saturated heterocycles. The summed E-state index contributed by atoms with van der Waals surface area (Å²) in [6.07, 6.45) is 2.03. The number of thiocarbonyl (C=S) groups is 1. The van der Waals surface area contributed by atoms with Gasteiger partial charge in [0.05, 0.1) is 19.8 Å². The lowest BCUT2D eigenvalue weighted by Crippen LogP contribution is -2.52. The van der Waals surface area contributed by atoms with Gasteiger partial charge in [0.1, 0.15) is 5.92 Å². The largest absolute Gasteiger partial charge is 0.493 e. The number of rotatable bonds is 9. The lowest BCUT2D eigenvalue weighted by atomic mass is 9.88. The minimum absolute atomic E-state index is 0.136. The number of hydrogen-bond donors (Lipinski definition) is 3. The Morgan fingerprint density at radius 1 is 1.19 bits per heavy atom. The SMILES string of the molecule is C=C1NC(=S)N[C@@H](c2ccc(OCCCC)c(OC)c2)[C@@H]1C(=O)NCc1ccccc1. The topological polar surface area (TPSA) is 71.6 Å². The van der Waals surface area contributed by atoms with Gasteiger partial charge in [0.15, 0.2) is 16.6 Å². The van der Waals surface area contributed by atoms with E-state index in [1.807, 2.05) is 48.5 Å². The third kappa shape index (κ3) is 5.76. The zero-order valence-corrected chi connectivity index (χ0v) is 18.8. The van der Waals surface area contributed by atoms with Crippen LogP contribution >= 0.6 is 12.2 Å². The van der Waals surface area contributed by atoms with E-state index in [4.69, 9.17) is 21.7 Å². The zero-order chi connectivity index (χ0) is 22.2. The molecule has 1 amide bonds. The maximum atomic E-state index is 13.1. The van der Waals surface area contributed by atoms with Crippen molar-refractivity contribution in [3.8, 4) is 11.5 Å². The van der Waals surface area contributed by atoms with Gasteiger partial charge in [0.2, 0.25) is 5.91 Å². The van der Waals surface area contributed by atoms with E-state index in [1.54, 1.807) is 7.11 Å². The molecule has 0 bridgehead atoms. The van der Waals surface area contributed by atoms with Crippen LogP contribution in [0.1, 0.15) is 36.9 Å². The third-order valence-corrected chi connectivity index (χ3v) is 5.38. The average Bonchev–Trinajstić information content (AvgIpc) is 2.78. The van der Waals surface area contributed by atoms with E-state index in [0.29, 0.717) is 35.5 Å². The summed E-state index contributed by atoms with van der Waals surface area (Å²) in [5.41, 5.74) is 2.45. The van der Waals surface area contributed by atoms with E-state index in [2.05, 4.69) is 29.5 Å². The molecule has 1 aliphatic heterocycles. The number of hydrogen-bond acceptors (Lipinski definition) is 4. The van der Waals surface area contributed by atoms with Gasteiger partial charge in [-0.1, -0.05) is 56.3 Å². The number of benzene rings is 2. The molecule has 7 heteroatoms. The number of amides is 1. The maximum Gasteiger partial charge on any atom is 0.231 e. The van der Waals surface area contributed by atoms with Crippen LogP contribution in [-0.2, 0) is 11.3 Å². The van der Waals surface area contributed by atoms with Crippen LogP contribution in [0.2, 0.25) is 0 Å². The lowest BCUT2D eigenvalue weighted by Gasteiger charge is -2.35. The summed E-state index contributed by atoms with van der Waals surface area (Å²) < 4.78 is 11.4. The van der Waals surface area contributed by atoms with Crippen molar-refractivity contribution >= 4 is 23.2 Å². The van der Waals surface area contributed by atoms with E-state index in [1.165, 1.54) is 0 Å². The van der Waals surface area contributed by atoms with Crippen molar-refractivity contribution in [2.75, 3.05) is 13.7 Å². The zero-order valence-electron chi connectivity index (χ0n) is 17.9. The summed E-state index contributed by atoms with van der Waals surface area (Å²) >= 11 is 5.33. The highest BCUT2D eigenvalue weighted by molar-refractivity contribution is 7.80. The molecule has 3 N–H and O–H groups in total. The molecule has 31 heavy (non-hydrogen) atoms. The molecule has 3 rings (SSSR count). The first-order chi connectivity index (χ1) is 15.0. The van der Waals surface area contributed by atoms with Crippen LogP contribution in [0.4, 0.5) is 0 Å². The molecule has 1 aliphatic rings. The second-order valence-electron chi connectivity index (χ2n) is 7.39. The Bertz CT molecular complexity index is 933. The van der Waals surface area contributed by atoms with Crippen molar-refractivity contribution < 1.29 is 14.3 Å². The molecule has 2 aromatic rings. The molecule has 0 aromatic heterocycles. The summed E-state index contributed by atoms with van der Waals surface area (Å²) in [4.78, 5) is 13.1. The van der Waals surface area contributed by atoms with Gasteiger partial charge in [-0.15, -0.1) is 0 Å². The molecular formula is C24H29N3O3S. The van der Waals surface area contributed by atoms with E-state index < -0.39 is 5.92 Å². The van der Waals surface area contributed by atoms with Gasteiger partial charge in [-0.2, -0.15) is 0 Å². The molecule has 164 valence electrons. The second-order valence-corrected chi connectivity index (χ2v) is 7.80. The van der Waals surface area contributed by atoms with Gasteiger partial charge in [0.25, 0.3) is 0 Å². The van der Waals surface area contributed by atoms with Gasteiger partial charge in [-0.05, 0) is 41.9 Å². The van der Waals surface area contributed by atoms with E-state index in [0.717, 1.165) is 24.0 Å². The Balaban J connectivity index is 1.81. The minimum atomic E-state index is -0.549. The average molecular weight is 440 g/mol. The fourth-order valence-corrected chi connectivity index (χ4v) is 3.75. The quantitative estimate of drug-likeness (QED) is 0.407. The van der Waals surface area contributed by atoms with Crippen LogP contribution in [-0.4, -0.2) is 24.7 Å². The molecular weight excluding hydrogens is 410 g/mol. The van der Waals surface area contributed by atoms with Crippen LogP contribution in [0.15, 0.2) is 60.8 Å². The Hall–Kier alpha value is -3.06. The fourth-order valence-electron chi connectivity index (χ4n) is 3.49. The molecule has 1 fully saturated rings. The highest BCUT2D eigenvalue weighted by atomic mass is 32.1. The van der Waals surface area contributed by atoms with Gasteiger partial charge < -0.3 is 25.4 Å². The molecule has 0 spiro atoms. The summed E-state index contributed by atoms with van der Waals surface area (Å²) in [7, 11) is 1.61. The van der Waals surface area contributed by atoms with Crippen molar-refractivity contribution in [3.63, 3.8) is 0 Å². The predicted molar refractivity (Wildman–Crippen MR) is 126 cm³/mol. The van der Waals surface area contributed by atoms with E-state index in [-0.39, 0.29) is 11.9 Å². The highest BCUT2D eigenvalue weighted by Crippen LogP contribution is 2.35. The van der Waals surface area contributed by atoms with Crippen LogP contribution in [0.5, 0.6) is 11.5 Å². The van der Waals surface area contributed by atoms with Gasteiger partial charge in [-0.25, -0.2) is 0 Å². The smallest absolute Gasteiger partial charge is 0.231 e. The maximum absolute atomic E-state index is 13.1. The molecule has 1 heterocycles. The van der Waals surface area contributed by atoms with Crippen molar-refractivity contribution in [2.45, 2.75) is 32.4 Å². The minimum Gasteiger partial charge on any atom is -0.493 e. The number of carbonyl (C=O) groups is 1. The first kappa shape index (κ1) is 22.6. The Morgan fingerprint density at radius 3 is 2.68 bits per heavy atom. The standard InChI is InChI=1S/C24H29N3O3S/c1-4-5-13-30-19-12-11-18(14-20(19)29-3)22-21(16(2)26-24(31)27-22)23(28)25-15-17-9-7-6-8-10-17/h6-12,14,21-22H,2,4-5,13,15H2,1,3H3,(H,25,28)(H2,26,27,31)/t21-,22+/m1/s1. The lowest BCUT2D eigenvalue weighted by molar-refractivity contribution is -0.125. The van der Waals surface area contributed by atoms with Crippen LogP contribution in [0.3, 0.4) is 0 Å². The Kier molecular flexibility index (Phi) is 7.89. The normalized spacial score (nSPS) is 18.0. The van der Waals surface area contributed by atoms with Crippen molar-refractivity contribution in [1.82, 2.24) is 16.0 Å². The molecule has 0 unspecified atom stereocenters. The van der Waals surface area contributed by atoms with E-state index >= 15 is 0 Å². The van der Waals surface area contributed by atoms with Crippen LogP contribution < -0.4 is 25.4 Å². The number of nitrogens with one attached hydrogen (secondary N) is 3. The number of unbranched alkanes of at least 4 members (excludes halogenated alkanes) is 1. The molecule has 2 aromatic carbocycles.